The molecule has 0 aliphatic rings. The summed E-state index contributed by atoms with van der Waals surface area (Å²) >= 11 is 1.82. The number of nitrogens with zero attached hydrogens (tertiary/aromatic N) is 3. The van der Waals surface area contributed by atoms with Crippen LogP contribution in [0.15, 0.2) is 200 Å². The molecule has 0 unspecified atom stereocenters. The minimum atomic E-state index is 0.702. The molecule has 0 bridgehead atoms. The van der Waals surface area contributed by atoms with Gasteiger partial charge in [0.05, 0.1) is 27.3 Å². The fourth-order valence-electron chi connectivity index (χ4n) is 7.45. The van der Waals surface area contributed by atoms with Gasteiger partial charge >= 0.3 is 0 Å². The maximum atomic E-state index is 5.32. The van der Waals surface area contributed by atoms with Crippen LogP contribution in [0.25, 0.3) is 98.8 Å². The van der Waals surface area contributed by atoms with E-state index in [0.29, 0.717) is 5.82 Å². The third kappa shape index (κ3) is 6.19. The van der Waals surface area contributed by atoms with Gasteiger partial charge in [0, 0.05) is 43.5 Å². The number of para-hydroxylation sites is 1. The highest BCUT2D eigenvalue weighted by Crippen LogP contribution is 2.50. The zero-order valence-corrected chi connectivity index (χ0v) is 30.6. The van der Waals surface area contributed by atoms with Gasteiger partial charge in [0.25, 0.3) is 0 Å². The molecule has 0 atom stereocenters. The minimum Gasteiger partial charge on any atom is -0.246 e. The first kappa shape index (κ1) is 32.6. The van der Waals surface area contributed by atoms with Crippen LogP contribution < -0.4 is 0 Å². The average Bonchev–Trinajstić information content (AvgIpc) is 3.69. The summed E-state index contributed by atoms with van der Waals surface area (Å²) in [5, 5.41) is 2.37. The van der Waals surface area contributed by atoms with Crippen LogP contribution in [0.4, 0.5) is 0 Å². The van der Waals surface area contributed by atoms with Gasteiger partial charge in [0.15, 0.2) is 5.82 Å². The van der Waals surface area contributed by atoms with Crippen LogP contribution in [0.1, 0.15) is 0 Å². The standard InChI is InChI=1S/C51H33N3S/c1-5-17-34(18-6-1)38-25-15-27-40(31-38)46-47-42-29-13-14-30-43(42)52-48(36-21-9-3-10-22-36)50(47)55-49(46)41-28-16-26-39(32-41)45-33-44(35-19-7-2-8-20-35)53-51(54-45)37-23-11-4-12-24-37/h1-33H. The van der Waals surface area contributed by atoms with Gasteiger partial charge in [0.1, 0.15) is 0 Å². The van der Waals surface area contributed by atoms with Crippen molar-refractivity contribution in [3.05, 3.63) is 200 Å². The van der Waals surface area contributed by atoms with Crippen molar-refractivity contribution in [2.24, 2.45) is 0 Å². The molecule has 0 saturated carbocycles. The number of hydrogen-bond acceptors (Lipinski definition) is 4. The van der Waals surface area contributed by atoms with Crippen LogP contribution in [-0.4, -0.2) is 15.0 Å². The zero-order chi connectivity index (χ0) is 36.6. The van der Waals surface area contributed by atoms with Gasteiger partial charge in [-0.15, -0.1) is 11.3 Å². The molecule has 0 amide bonds. The molecule has 0 fully saturated rings. The van der Waals surface area contributed by atoms with E-state index >= 15 is 0 Å². The molecule has 3 nitrogen and oxygen atoms in total. The van der Waals surface area contributed by atoms with Gasteiger partial charge in [-0.05, 0) is 46.5 Å². The molecule has 4 heteroatoms. The van der Waals surface area contributed by atoms with Crippen molar-refractivity contribution in [3.8, 4) is 77.9 Å². The summed E-state index contributed by atoms with van der Waals surface area (Å²) in [5.41, 5.74) is 13.8. The third-order valence-corrected chi connectivity index (χ3v) is 11.3. The highest BCUT2D eigenvalue weighted by atomic mass is 32.1. The first-order chi connectivity index (χ1) is 27.3. The number of hydrogen-bond donors (Lipinski definition) is 0. The molecule has 3 aromatic heterocycles. The summed E-state index contributed by atoms with van der Waals surface area (Å²) in [4.78, 5) is 16.7. The second kappa shape index (κ2) is 14.1. The van der Waals surface area contributed by atoms with Crippen LogP contribution in [0.5, 0.6) is 0 Å². The maximum Gasteiger partial charge on any atom is 0.160 e. The Hall–Kier alpha value is -7.01. The highest BCUT2D eigenvalue weighted by molar-refractivity contribution is 7.23. The number of pyridine rings is 1. The van der Waals surface area contributed by atoms with E-state index in [2.05, 4.69) is 176 Å². The number of fused-ring (bicyclic) bond motifs is 3. The predicted molar refractivity (Wildman–Crippen MR) is 231 cm³/mol. The molecule has 0 aliphatic carbocycles. The van der Waals surface area contributed by atoms with Crippen molar-refractivity contribution in [1.29, 1.82) is 0 Å². The smallest absolute Gasteiger partial charge is 0.160 e. The Morgan fingerprint density at radius 1 is 0.345 bits per heavy atom. The van der Waals surface area contributed by atoms with E-state index in [1.54, 1.807) is 0 Å². The Bertz CT molecular complexity index is 2900. The molecule has 10 rings (SSSR count). The van der Waals surface area contributed by atoms with Gasteiger partial charge < -0.3 is 0 Å². The number of thiophene rings is 1. The Morgan fingerprint density at radius 2 is 0.855 bits per heavy atom. The van der Waals surface area contributed by atoms with Crippen molar-refractivity contribution in [2.75, 3.05) is 0 Å². The molecule has 258 valence electrons. The molecule has 0 spiro atoms. The van der Waals surface area contributed by atoms with E-state index < -0.39 is 0 Å². The molecule has 3 heterocycles. The first-order valence-electron chi connectivity index (χ1n) is 18.4. The van der Waals surface area contributed by atoms with E-state index in [1.165, 1.54) is 37.2 Å². The van der Waals surface area contributed by atoms with E-state index in [0.717, 1.165) is 55.8 Å². The SMILES string of the molecule is c1ccc(-c2cccc(-c3c(-c4cccc(-c5cc(-c6ccccc6)nc(-c6ccccc6)n5)c4)sc4c(-c5ccccc5)nc5ccccc5c34)c2)cc1. The molecule has 0 aliphatic heterocycles. The number of rotatable bonds is 7. The lowest BCUT2D eigenvalue weighted by Gasteiger charge is -2.12. The lowest BCUT2D eigenvalue weighted by Crippen LogP contribution is -1.96. The monoisotopic (exact) mass is 719 g/mol. The van der Waals surface area contributed by atoms with Gasteiger partial charge in [-0.3, -0.25) is 0 Å². The quantitative estimate of drug-likeness (QED) is 0.165. The second-order valence-electron chi connectivity index (χ2n) is 13.6. The van der Waals surface area contributed by atoms with Gasteiger partial charge in [0.2, 0.25) is 0 Å². The van der Waals surface area contributed by atoms with Crippen molar-refractivity contribution in [3.63, 3.8) is 0 Å². The van der Waals surface area contributed by atoms with Gasteiger partial charge in [-0.1, -0.05) is 176 Å². The first-order valence-corrected chi connectivity index (χ1v) is 19.3. The van der Waals surface area contributed by atoms with Gasteiger partial charge in [-0.25, -0.2) is 15.0 Å². The Labute approximate surface area is 323 Å². The van der Waals surface area contributed by atoms with Crippen molar-refractivity contribution in [1.82, 2.24) is 15.0 Å². The summed E-state index contributed by atoms with van der Waals surface area (Å²) < 4.78 is 1.17. The van der Waals surface area contributed by atoms with Crippen LogP contribution >= 0.6 is 11.3 Å². The Morgan fingerprint density at radius 3 is 1.56 bits per heavy atom. The molecule has 55 heavy (non-hydrogen) atoms. The van der Waals surface area contributed by atoms with E-state index in [1.807, 2.05) is 35.6 Å². The molecule has 10 aromatic rings. The molecule has 0 N–H and O–H groups in total. The summed E-state index contributed by atoms with van der Waals surface area (Å²) in [7, 11) is 0. The zero-order valence-electron chi connectivity index (χ0n) is 29.8. The van der Waals surface area contributed by atoms with E-state index in [9.17, 15) is 0 Å². The Kier molecular flexibility index (Phi) is 8.36. The van der Waals surface area contributed by atoms with Crippen molar-refractivity contribution in [2.45, 2.75) is 0 Å². The average molecular weight is 720 g/mol. The third-order valence-electron chi connectivity index (χ3n) is 10.1. The number of aromatic nitrogens is 3. The van der Waals surface area contributed by atoms with Crippen LogP contribution in [0, 0.1) is 0 Å². The van der Waals surface area contributed by atoms with E-state index in [-0.39, 0.29) is 0 Å². The summed E-state index contributed by atoms with van der Waals surface area (Å²) in [5.74, 6) is 0.702. The topological polar surface area (TPSA) is 38.7 Å². The second-order valence-corrected chi connectivity index (χ2v) is 14.6. The Balaban J connectivity index is 1.23. The van der Waals surface area contributed by atoms with Crippen molar-refractivity contribution < 1.29 is 0 Å². The highest BCUT2D eigenvalue weighted by Gasteiger charge is 2.23. The number of benzene rings is 7. The molecular formula is C51H33N3S. The van der Waals surface area contributed by atoms with Crippen LogP contribution in [0.2, 0.25) is 0 Å². The van der Waals surface area contributed by atoms with Crippen LogP contribution in [-0.2, 0) is 0 Å². The molecule has 0 saturated heterocycles. The van der Waals surface area contributed by atoms with E-state index in [4.69, 9.17) is 15.0 Å². The fourth-order valence-corrected chi connectivity index (χ4v) is 8.80. The lowest BCUT2D eigenvalue weighted by atomic mass is 9.93. The molecular weight excluding hydrogens is 687 g/mol. The normalized spacial score (nSPS) is 11.3. The van der Waals surface area contributed by atoms with Gasteiger partial charge in [-0.2, -0.15) is 0 Å². The minimum absolute atomic E-state index is 0.702. The maximum absolute atomic E-state index is 5.32. The molecule has 7 aromatic carbocycles. The molecule has 0 radical (unpaired) electrons. The van der Waals surface area contributed by atoms with Crippen molar-refractivity contribution >= 4 is 32.3 Å². The fraction of sp³-hybridized carbons (Fsp3) is 0. The summed E-state index contributed by atoms with van der Waals surface area (Å²) in [6.45, 7) is 0. The summed E-state index contributed by atoms with van der Waals surface area (Å²) in [6, 6.07) is 70.2. The lowest BCUT2D eigenvalue weighted by molar-refractivity contribution is 1.18. The van der Waals surface area contributed by atoms with Crippen LogP contribution in [0.3, 0.4) is 0 Å². The largest absolute Gasteiger partial charge is 0.246 e. The summed E-state index contributed by atoms with van der Waals surface area (Å²) in [6.07, 6.45) is 0. The predicted octanol–water partition coefficient (Wildman–Crippen LogP) is 13.9.